The third-order valence-corrected chi connectivity index (χ3v) is 4.21. The maximum atomic E-state index is 6.12. The van der Waals surface area contributed by atoms with Crippen LogP contribution in [0.25, 0.3) is 0 Å². The highest BCUT2D eigenvalue weighted by Gasteiger charge is 2.17. The van der Waals surface area contributed by atoms with Crippen LogP contribution in [0.4, 0.5) is 11.8 Å². The Morgan fingerprint density at radius 2 is 2.24 bits per heavy atom. The number of piperidine rings is 1. The zero-order valence-corrected chi connectivity index (χ0v) is 13.8. The summed E-state index contributed by atoms with van der Waals surface area (Å²) in [5.74, 6) is 1.34. The maximum Gasteiger partial charge on any atom is 0.224 e. The Kier molecular flexibility index (Phi) is 6.51. The van der Waals surface area contributed by atoms with Gasteiger partial charge in [-0.05, 0) is 39.7 Å². The number of hydrogen-bond donors (Lipinski definition) is 2. The summed E-state index contributed by atoms with van der Waals surface area (Å²) in [4.78, 5) is 11.1. The molecule has 118 valence electrons. The van der Waals surface area contributed by atoms with Gasteiger partial charge < -0.3 is 15.5 Å². The molecule has 0 bridgehead atoms. The largest absolute Gasteiger partial charge is 0.369 e. The van der Waals surface area contributed by atoms with Gasteiger partial charge in [0.25, 0.3) is 0 Å². The number of rotatable bonds is 7. The number of likely N-dealkylation sites (tertiary alicyclic amines) is 1. The molecule has 0 saturated carbocycles. The van der Waals surface area contributed by atoms with E-state index in [1.807, 2.05) is 6.92 Å². The SMILES string of the molecule is CCNc1ncc(Cl)c(NCCCN2CCCCC2C)n1. The van der Waals surface area contributed by atoms with Crippen molar-refractivity contribution in [2.75, 3.05) is 36.8 Å². The van der Waals surface area contributed by atoms with Crippen LogP contribution < -0.4 is 10.6 Å². The van der Waals surface area contributed by atoms with Crippen LogP contribution in [-0.2, 0) is 0 Å². The first-order valence-corrected chi connectivity index (χ1v) is 8.33. The normalized spacial score (nSPS) is 19.5. The molecule has 21 heavy (non-hydrogen) atoms. The average molecular weight is 312 g/mol. The molecule has 0 radical (unpaired) electrons. The summed E-state index contributed by atoms with van der Waals surface area (Å²) in [6.45, 7) is 8.40. The van der Waals surface area contributed by atoms with Crippen LogP contribution in [0, 0.1) is 0 Å². The lowest BCUT2D eigenvalue weighted by atomic mass is 10.0. The van der Waals surface area contributed by atoms with E-state index in [1.165, 1.54) is 25.8 Å². The number of nitrogens with one attached hydrogen (secondary N) is 2. The fourth-order valence-corrected chi connectivity index (χ4v) is 2.87. The molecule has 1 unspecified atom stereocenters. The van der Waals surface area contributed by atoms with Crippen molar-refractivity contribution in [2.45, 2.75) is 45.6 Å². The summed E-state index contributed by atoms with van der Waals surface area (Å²) in [5, 5.41) is 6.98. The first-order valence-electron chi connectivity index (χ1n) is 7.95. The van der Waals surface area contributed by atoms with E-state index in [9.17, 15) is 0 Å². The van der Waals surface area contributed by atoms with Crippen molar-refractivity contribution in [3.8, 4) is 0 Å². The van der Waals surface area contributed by atoms with Crippen LogP contribution in [-0.4, -0.2) is 47.1 Å². The molecule has 5 nitrogen and oxygen atoms in total. The molecule has 1 atom stereocenters. The van der Waals surface area contributed by atoms with Crippen molar-refractivity contribution in [3.05, 3.63) is 11.2 Å². The smallest absolute Gasteiger partial charge is 0.224 e. The van der Waals surface area contributed by atoms with Gasteiger partial charge in [-0.3, -0.25) is 0 Å². The predicted molar refractivity (Wildman–Crippen MR) is 89.2 cm³/mol. The number of halogens is 1. The van der Waals surface area contributed by atoms with Gasteiger partial charge in [-0.15, -0.1) is 0 Å². The van der Waals surface area contributed by atoms with E-state index in [-0.39, 0.29) is 0 Å². The Morgan fingerprint density at radius 3 is 3.00 bits per heavy atom. The van der Waals surface area contributed by atoms with Crippen LogP contribution >= 0.6 is 11.6 Å². The predicted octanol–water partition coefficient (Wildman–Crippen LogP) is 3.24. The van der Waals surface area contributed by atoms with Crippen LogP contribution in [0.1, 0.15) is 39.5 Å². The molecule has 6 heteroatoms. The molecule has 0 aliphatic carbocycles. The summed E-state index contributed by atoms with van der Waals surface area (Å²) in [6.07, 6.45) is 6.78. The van der Waals surface area contributed by atoms with E-state index in [0.717, 1.165) is 32.1 Å². The number of hydrogen-bond acceptors (Lipinski definition) is 5. The summed E-state index contributed by atoms with van der Waals surface area (Å²) >= 11 is 6.12. The Balaban J connectivity index is 1.76. The minimum Gasteiger partial charge on any atom is -0.369 e. The Bertz CT molecular complexity index is 440. The van der Waals surface area contributed by atoms with E-state index in [4.69, 9.17) is 11.6 Å². The van der Waals surface area contributed by atoms with Gasteiger partial charge >= 0.3 is 0 Å². The minimum atomic E-state index is 0.572. The molecule has 1 aromatic rings. The average Bonchev–Trinajstić information content (AvgIpc) is 2.48. The first-order chi connectivity index (χ1) is 10.2. The Hall–Kier alpha value is -1.07. The standard InChI is InChI=1S/C15H26ClN5/c1-3-17-15-19-11-13(16)14(20-15)18-8-6-10-21-9-5-4-7-12(21)2/h11-12H,3-10H2,1-2H3,(H2,17,18,19,20). The molecule has 2 rings (SSSR count). The van der Waals surface area contributed by atoms with E-state index < -0.39 is 0 Å². The topological polar surface area (TPSA) is 53.1 Å². The van der Waals surface area contributed by atoms with Gasteiger partial charge in [-0.25, -0.2) is 4.98 Å². The monoisotopic (exact) mass is 311 g/mol. The molecule has 1 fully saturated rings. The second kappa shape index (κ2) is 8.39. The lowest BCUT2D eigenvalue weighted by Crippen LogP contribution is -2.38. The number of anilines is 2. The zero-order valence-electron chi connectivity index (χ0n) is 13.0. The molecule has 0 amide bonds. The fourth-order valence-electron chi connectivity index (χ4n) is 2.71. The van der Waals surface area contributed by atoms with Crippen LogP contribution in [0.5, 0.6) is 0 Å². The van der Waals surface area contributed by atoms with Gasteiger partial charge in [0.2, 0.25) is 5.95 Å². The second-order valence-electron chi connectivity index (χ2n) is 5.58. The van der Waals surface area contributed by atoms with Crippen LogP contribution in [0.3, 0.4) is 0 Å². The molecule has 2 heterocycles. The van der Waals surface area contributed by atoms with Crippen molar-refractivity contribution in [1.82, 2.24) is 14.9 Å². The van der Waals surface area contributed by atoms with E-state index >= 15 is 0 Å². The number of aromatic nitrogens is 2. The first kappa shape index (κ1) is 16.3. The van der Waals surface area contributed by atoms with Crippen LogP contribution in [0.15, 0.2) is 6.20 Å². The summed E-state index contributed by atoms with van der Waals surface area (Å²) in [7, 11) is 0. The van der Waals surface area contributed by atoms with E-state index in [0.29, 0.717) is 16.8 Å². The van der Waals surface area contributed by atoms with Crippen molar-refractivity contribution in [1.29, 1.82) is 0 Å². The summed E-state index contributed by atoms with van der Waals surface area (Å²) in [6, 6.07) is 0.724. The lowest BCUT2D eigenvalue weighted by molar-refractivity contribution is 0.160. The molecule has 1 aliphatic heterocycles. The molecule has 1 aliphatic rings. The van der Waals surface area contributed by atoms with Crippen molar-refractivity contribution >= 4 is 23.4 Å². The maximum absolute atomic E-state index is 6.12. The summed E-state index contributed by atoms with van der Waals surface area (Å²) < 4.78 is 0. The quantitative estimate of drug-likeness (QED) is 0.757. The highest BCUT2D eigenvalue weighted by molar-refractivity contribution is 6.32. The highest BCUT2D eigenvalue weighted by atomic mass is 35.5. The second-order valence-corrected chi connectivity index (χ2v) is 5.99. The van der Waals surface area contributed by atoms with E-state index in [1.54, 1.807) is 6.20 Å². The lowest BCUT2D eigenvalue weighted by Gasteiger charge is -2.33. The molecular formula is C15H26ClN5. The van der Waals surface area contributed by atoms with Gasteiger partial charge in [0.1, 0.15) is 10.8 Å². The van der Waals surface area contributed by atoms with Gasteiger partial charge in [-0.2, -0.15) is 4.98 Å². The van der Waals surface area contributed by atoms with Gasteiger partial charge in [0, 0.05) is 25.7 Å². The summed E-state index contributed by atoms with van der Waals surface area (Å²) in [5.41, 5.74) is 0. The minimum absolute atomic E-state index is 0.572. The van der Waals surface area contributed by atoms with Crippen LogP contribution in [0.2, 0.25) is 5.02 Å². The van der Waals surface area contributed by atoms with Crippen molar-refractivity contribution < 1.29 is 0 Å². The highest BCUT2D eigenvalue weighted by Crippen LogP contribution is 2.20. The van der Waals surface area contributed by atoms with Gasteiger partial charge in [0.05, 0.1) is 6.20 Å². The van der Waals surface area contributed by atoms with E-state index in [2.05, 4.69) is 32.4 Å². The Labute approximate surface area is 132 Å². The third kappa shape index (κ3) is 5.00. The number of nitrogens with zero attached hydrogens (tertiary/aromatic N) is 3. The molecule has 1 aromatic heterocycles. The third-order valence-electron chi connectivity index (χ3n) is 3.93. The van der Waals surface area contributed by atoms with Crippen molar-refractivity contribution in [3.63, 3.8) is 0 Å². The molecule has 1 saturated heterocycles. The zero-order chi connectivity index (χ0) is 15.1. The fraction of sp³-hybridized carbons (Fsp3) is 0.733. The molecular weight excluding hydrogens is 286 g/mol. The van der Waals surface area contributed by atoms with Crippen molar-refractivity contribution in [2.24, 2.45) is 0 Å². The molecule has 2 N–H and O–H groups in total. The molecule has 0 aromatic carbocycles. The Morgan fingerprint density at radius 1 is 1.38 bits per heavy atom. The van der Waals surface area contributed by atoms with Gasteiger partial charge in [0.15, 0.2) is 0 Å². The van der Waals surface area contributed by atoms with Gasteiger partial charge in [-0.1, -0.05) is 18.0 Å². The molecule has 0 spiro atoms.